The maximum absolute atomic E-state index is 12.6. The number of aliphatic hydroxyl groups is 1. The zero-order chi connectivity index (χ0) is 15.1. The molecular formula is C13H9F3N2O2S. The Morgan fingerprint density at radius 3 is 2.33 bits per heavy atom. The molecule has 21 heavy (non-hydrogen) atoms. The molecule has 1 atom stereocenters. The molecule has 1 unspecified atom stereocenters. The standard InChI is InChI=1S/C13H9F3N2O2S/c14-13(15,16)12(19)5-11(18-20-12)9-3-1-8(2-4-9)10-6-17-21-7-10/h1-4,6-7,19H,5H2. The maximum atomic E-state index is 12.6. The molecule has 1 N–H and O–H groups in total. The molecule has 0 aliphatic carbocycles. The van der Waals surface area contributed by atoms with Crippen molar-refractivity contribution in [2.75, 3.05) is 0 Å². The number of alkyl halides is 3. The van der Waals surface area contributed by atoms with Crippen molar-refractivity contribution in [3.05, 3.63) is 41.4 Å². The molecule has 8 heteroatoms. The predicted octanol–water partition coefficient (Wildman–Crippen LogP) is 3.19. The van der Waals surface area contributed by atoms with Crippen LogP contribution in [0.2, 0.25) is 0 Å². The number of hydrogen-bond donors (Lipinski definition) is 1. The molecular weight excluding hydrogens is 305 g/mol. The van der Waals surface area contributed by atoms with E-state index in [0.29, 0.717) is 5.56 Å². The van der Waals surface area contributed by atoms with Crippen molar-refractivity contribution in [2.24, 2.45) is 5.16 Å². The minimum atomic E-state index is -4.89. The van der Waals surface area contributed by atoms with Crippen LogP contribution < -0.4 is 0 Å². The third-order valence-electron chi connectivity index (χ3n) is 3.14. The quantitative estimate of drug-likeness (QED) is 0.926. The fourth-order valence-electron chi connectivity index (χ4n) is 1.93. The van der Waals surface area contributed by atoms with E-state index in [1.165, 1.54) is 11.5 Å². The zero-order valence-corrected chi connectivity index (χ0v) is 11.3. The molecule has 2 heterocycles. The van der Waals surface area contributed by atoms with Crippen molar-refractivity contribution in [3.8, 4) is 11.1 Å². The highest BCUT2D eigenvalue weighted by Gasteiger charge is 2.60. The van der Waals surface area contributed by atoms with Gasteiger partial charge in [-0.15, -0.1) is 0 Å². The van der Waals surface area contributed by atoms with Gasteiger partial charge in [-0.25, -0.2) is 4.37 Å². The molecule has 3 rings (SSSR count). The molecule has 1 aromatic heterocycles. The molecule has 0 spiro atoms. The van der Waals surface area contributed by atoms with Gasteiger partial charge in [0.1, 0.15) is 0 Å². The van der Waals surface area contributed by atoms with Gasteiger partial charge < -0.3 is 9.94 Å². The first kappa shape index (κ1) is 14.0. The fourth-order valence-corrected chi connectivity index (χ4v) is 2.48. The molecule has 0 bridgehead atoms. The van der Waals surface area contributed by atoms with Crippen molar-refractivity contribution in [2.45, 2.75) is 18.4 Å². The van der Waals surface area contributed by atoms with Crippen LogP contribution in [0, 0.1) is 0 Å². The first-order chi connectivity index (χ1) is 9.89. The lowest BCUT2D eigenvalue weighted by atomic mass is 10.0. The van der Waals surface area contributed by atoms with Gasteiger partial charge in [-0.1, -0.05) is 29.4 Å². The second-order valence-corrected chi connectivity index (χ2v) is 5.24. The Kier molecular flexibility index (Phi) is 3.22. The van der Waals surface area contributed by atoms with E-state index in [2.05, 4.69) is 14.4 Å². The van der Waals surface area contributed by atoms with Crippen molar-refractivity contribution >= 4 is 17.2 Å². The summed E-state index contributed by atoms with van der Waals surface area (Å²) in [5.74, 6) is -3.24. The first-order valence-electron chi connectivity index (χ1n) is 5.93. The number of aromatic nitrogens is 1. The highest BCUT2D eigenvalue weighted by atomic mass is 32.1. The van der Waals surface area contributed by atoms with Gasteiger partial charge in [-0.05, 0) is 22.7 Å². The molecule has 0 saturated carbocycles. The summed E-state index contributed by atoms with van der Waals surface area (Å²) in [7, 11) is 0. The van der Waals surface area contributed by atoms with Crippen LogP contribution in [0.5, 0.6) is 0 Å². The van der Waals surface area contributed by atoms with Crippen molar-refractivity contribution in [1.29, 1.82) is 0 Å². The SMILES string of the molecule is OC1(C(F)(F)F)CC(c2ccc(-c3cnsc3)cc2)=NO1. The highest BCUT2D eigenvalue weighted by molar-refractivity contribution is 7.03. The van der Waals surface area contributed by atoms with E-state index in [0.717, 1.165) is 11.1 Å². The molecule has 1 aliphatic rings. The lowest BCUT2D eigenvalue weighted by molar-refractivity contribution is -0.355. The van der Waals surface area contributed by atoms with Crippen LogP contribution in [-0.2, 0) is 4.84 Å². The van der Waals surface area contributed by atoms with E-state index in [1.807, 2.05) is 5.38 Å². The molecule has 0 saturated heterocycles. The zero-order valence-electron chi connectivity index (χ0n) is 10.5. The van der Waals surface area contributed by atoms with Gasteiger partial charge in [0, 0.05) is 17.1 Å². The highest BCUT2D eigenvalue weighted by Crippen LogP contribution is 2.39. The van der Waals surface area contributed by atoms with Gasteiger partial charge in [0.25, 0.3) is 0 Å². The van der Waals surface area contributed by atoms with Gasteiger partial charge in [-0.3, -0.25) is 0 Å². The summed E-state index contributed by atoms with van der Waals surface area (Å²) in [5.41, 5.74) is 2.37. The number of rotatable bonds is 2. The Hall–Kier alpha value is -1.93. The summed E-state index contributed by atoms with van der Waals surface area (Å²) >= 11 is 1.31. The molecule has 0 radical (unpaired) electrons. The van der Waals surface area contributed by atoms with Crippen LogP contribution in [0.3, 0.4) is 0 Å². The minimum Gasteiger partial charge on any atom is -0.350 e. The summed E-state index contributed by atoms with van der Waals surface area (Å²) in [6.45, 7) is 0. The van der Waals surface area contributed by atoms with Crippen molar-refractivity contribution in [3.63, 3.8) is 0 Å². The summed E-state index contributed by atoms with van der Waals surface area (Å²) in [5, 5.41) is 14.6. The van der Waals surface area contributed by atoms with E-state index in [-0.39, 0.29) is 5.71 Å². The van der Waals surface area contributed by atoms with Crippen LogP contribution in [0.1, 0.15) is 12.0 Å². The topological polar surface area (TPSA) is 54.7 Å². The Balaban J connectivity index is 1.80. The minimum absolute atomic E-state index is 0.0600. The number of hydrogen-bond acceptors (Lipinski definition) is 5. The monoisotopic (exact) mass is 314 g/mol. The lowest BCUT2D eigenvalue weighted by Gasteiger charge is -2.22. The Morgan fingerprint density at radius 1 is 1.14 bits per heavy atom. The van der Waals surface area contributed by atoms with Crippen LogP contribution in [0.25, 0.3) is 11.1 Å². The molecule has 1 aliphatic heterocycles. The van der Waals surface area contributed by atoms with E-state index in [9.17, 15) is 18.3 Å². The molecule has 1 aromatic carbocycles. The summed E-state index contributed by atoms with van der Waals surface area (Å²) in [4.78, 5) is 4.18. The second-order valence-electron chi connectivity index (χ2n) is 4.58. The summed E-state index contributed by atoms with van der Waals surface area (Å²) in [6, 6.07) is 6.79. The normalized spacial score (nSPS) is 22.0. The summed E-state index contributed by atoms with van der Waals surface area (Å²) < 4.78 is 41.9. The molecule has 0 amide bonds. The Morgan fingerprint density at radius 2 is 1.81 bits per heavy atom. The number of benzene rings is 1. The van der Waals surface area contributed by atoms with Crippen LogP contribution >= 0.6 is 11.5 Å². The van der Waals surface area contributed by atoms with Gasteiger partial charge in [-0.2, -0.15) is 13.2 Å². The smallest absolute Gasteiger partial charge is 0.350 e. The fraction of sp³-hybridized carbons (Fsp3) is 0.231. The average Bonchev–Trinajstić information content (AvgIpc) is 3.08. The van der Waals surface area contributed by atoms with Crippen molar-refractivity contribution < 1.29 is 23.1 Å². The maximum Gasteiger partial charge on any atom is 0.458 e. The summed E-state index contributed by atoms with van der Waals surface area (Å²) in [6.07, 6.45) is -3.91. The Labute approximate surface area is 121 Å². The van der Waals surface area contributed by atoms with Gasteiger partial charge >= 0.3 is 12.0 Å². The van der Waals surface area contributed by atoms with Crippen molar-refractivity contribution in [1.82, 2.24) is 4.37 Å². The first-order valence-corrected chi connectivity index (χ1v) is 6.77. The van der Waals surface area contributed by atoms with E-state index < -0.39 is 18.4 Å². The Bertz CT molecular complexity index is 668. The molecule has 2 aromatic rings. The third kappa shape index (κ3) is 2.52. The van der Waals surface area contributed by atoms with Gasteiger partial charge in [0.05, 0.1) is 12.1 Å². The van der Waals surface area contributed by atoms with E-state index in [1.54, 1.807) is 30.5 Å². The van der Waals surface area contributed by atoms with Gasteiger partial charge in [0.15, 0.2) is 0 Å². The van der Waals surface area contributed by atoms with E-state index in [4.69, 9.17) is 0 Å². The number of oxime groups is 1. The van der Waals surface area contributed by atoms with E-state index >= 15 is 0 Å². The largest absolute Gasteiger partial charge is 0.458 e. The van der Waals surface area contributed by atoms with Gasteiger partial charge in [0.2, 0.25) is 0 Å². The lowest BCUT2D eigenvalue weighted by Crippen LogP contribution is -2.45. The number of nitrogens with zero attached hydrogens (tertiary/aromatic N) is 2. The average molecular weight is 314 g/mol. The van der Waals surface area contributed by atoms with Crippen LogP contribution in [0.15, 0.2) is 41.0 Å². The third-order valence-corrected chi connectivity index (χ3v) is 3.73. The molecule has 110 valence electrons. The molecule has 4 nitrogen and oxygen atoms in total. The van der Waals surface area contributed by atoms with Crippen LogP contribution in [0.4, 0.5) is 13.2 Å². The van der Waals surface area contributed by atoms with Crippen LogP contribution in [-0.4, -0.2) is 27.2 Å². The molecule has 0 fully saturated rings. The number of halogens is 3. The predicted molar refractivity (Wildman–Crippen MR) is 70.8 cm³/mol. The second kappa shape index (κ2) is 4.81.